The molecule has 1 heterocycles. The predicted octanol–water partition coefficient (Wildman–Crippen LogP) is 4.40. The lowest BCUT2D eigenvalue weighted by Crippen LogP contribution is -2.20. The molecule has 0 saturated carbocycles. The first-order valence-corrected chi connectivity index (χ1v) is 9.53. The molecule has 1 aromatic heterocycles. The number of carbonyl (C=O) groups excluding carboxylic acids is 1. The summed E-state index contributed by atoms with van der Waals surface area (Å²) in [6.45, 7) is 2.07. The number of aromatic nitrogens is 2. The number of hydrogen-bond donors (Lipinski definition) is 1. The molecule has 6 heteroatoms. The Balaban J connectivity index is 1.66. The fourth-order valence-electron chi connectivity index (χ4n) is 3.06. The van der Waals surface area contributed by atoms with Crippen LogP contribution in [0.1, 0.15) is 24.0 Å². The number of fused-ring (bicyclic) bond motifs is 3. The van der Waals surface area contributed by atoms with Crippen molar-refractivity contribution in [2.75, 3.05) is 11.1 Å². The molecule has 4 nitrogen and oxygen atoms in total. The van der Waals surface area contributed by atoms with E-state index in [9.17, 15) is 4.79 Å². The van der Waals surface area contributed by atoms with E-state index in [2.05, 4.69) is 34.6 Å². The Kier molecular flexibility index (Phi) is 4.08. The molecule has 2 aromatic carbocycles. The highest BCUT2D eigenvalue weighted by atomic mass is 32.2. The van der Waals surface area contributed by atoms with Crippen LogP contribution in [0.3, 0.4) is 0 Å². The summed E-state index contributed by atoms with van der Waals surface area (Å²) >= 11 is 3.04. The van der Waals surface area contributed by atoms with Crippen LogP contribution >= 0.6 is 23.1 Å². The van der Waals surface area contributed by atoms with Gasteiger partial charge in [0, 0.05) is 0 Å². The second-order valence-electron chi connectivity index (χ2n) is 5.40. The number of carbonyl (C=O) groups is 1. The molecule has 3 aromatic rings. The first kappa shape index (κ1) is 15.4. The second-order valence-corrected chi connectivity index (χ2v) is 7.89. The molecule has 0 radical (unpaired) electrons. The molecule has 1 amide bonds. The molecule has 1 aliphatic carbocycles. The van der Waals surface area contributed by atoms with Crippen molar-refractivity contribution in [1.82, 2.24) is 10.2 Å². The zero-order chi connectivity index (χ0) is 16.5. The van der Waals surface area contributed by atoms with Gasteiger partial charge in [0.1, 0.15) is 0 Å². The van der Waals surface area contributed by atoms with E-state index < -0.39 is 0 Å². The third-order valence-electron chi connectivity index (χ3n) is 4.00. The van der Waals surface area contributed by atoms with Crippen molar-refractivity contribution in [1.29, 1.82) is 0 Å². The molecule has 0 aliphatic heterocycles. The number of thioether (sulfide) groups is 1. The van der Waals surface area contributed by atoms with Gasteiger partial charge in [0.2, 0.25) is 11.0 Å². The fraction of sp³-hybridized carbons (Fsp3) is 0.167. The molecule has 4 rings (SSSR count). The average molecular weight is 353 g/mol. The van der Waals surface area contributed by atoms with Crippen LogP contribution in [0.5, 0.6) is 0 Å². The minimum absolute atomic E-state index is 0.0587. The average Bonchev–Trinajstić information content (AvgIpc) is 3.17. The molecule has 120 valence electrons. The summed E-state index contributed by atoms with van der Waals surface area (Å²) in [6.07, 6.45) is 0. The Morgan fingerprint density at radius 2 is 1.71 bits per heavy atom. The topological polar surface area (TPSA) is 54.9 Å². The van der Waals surface area contributed by atoms with E-state index in [1.54, 1.807) is 11.8 Å². The third-order valence-corrected chi connectivity index (χ3v) is 5.85. The maximum absolute atomic E-state index is 12.9. The molecule has 0 spiro atoms. The number of nitrogens with zero attached hydrogens (tertiary/aromatic N) is 2. The molecule has 0 saturated heterocycles. The van der Waals surface area contributed by atoms with Crippen LogP contribution in [0.25, 0.3) is 11.1 Å². The first-order valence-electron chi connectivity index (χ1n) is 7.73. The number of hydrogen-bond acceptors (Lipinski definition) is 5. The number of benzene rings is 2. The summed E-state index contributed by atoms with van der Waals surface area (Å²) in [4.78, 5) is 12.9. The van der Waals surface area contributed by atoms with Crippen LogP contribution < -0.4 is 5.32 Å². The normalized spacial score (nSPS) is 12.7. The Bertz CT molecular complexity index is 861. The van der Waals surface area contributed by atoms with Gasteiger partial charge in [-0.3, -0.25) is 10.1 Å². The molecular weight excluding hydrogens is 338 g/mol. The van der Waals surface area contributed by atoms with Gasteiger partial charge in [-0.15, -0.1) is 10.2 Å². The second kappa shape index (κ2) is 6.37. The lowest BCUT2D eigenvalue weighted by atomic mass is 9.96. The highest BCUT2D eigenvalue weighted by molar-refractivity contribution is 8.01. The van der Waals surface area contributed by atoms with E-state index in [0.717, 1.165) is 32.3 Å². The van der Waals surface area contributed by atoms with Gasteiger partial charge < -0.3 is 0 Å². The van der Waals surface area contributed by atoms with Crippen LogP contribution in [0, 0.1) is 0 Å². The van der Waals surface area contributed by atoms with Gasteiger partial charge in [0.25, 0.3) is 0 Å². The van der Waals surface area contributed by atoms with Crippen molar-refractivity contribution in [3.63, 3.8) is 0 Å². The maximum Gasteiger partial charge on any atom is 0.238 e. The summed E-state index contributed by atoms with van der Waals surface area (Å²) < 4.78 is 0.875. The van der Waals surface area contributed by atoms with Crippen LogP contribution in [0.2, 0.25) is 0 Å². The van der Waals surface area contributed by atoms with Gasteiger partial charge in [-0.1, -0.05) is 78.6 Å². The van der Waals surface area contributed by atoms with Gasteiger partial charge in [-0.05, 0) is 28.0 Å². The molecule has 1 aliphatic rings. The Morgan fingerprint density at radius 1 is 1.08 bits per heavy atom. The lowest BCUT2D eigenvalue weighted by Gasteiger charge is -2.12. The monoisotopic (exact) mass is 353 g/mol. The third kappa shape index (κ3) is 2.61. The minimum atomic E-state index is -0.302. The molecule has 1 N–H and O–H groups in total. The summed E-state index contributed by atoms with van der Waals surface area (Å²) in [7, 11) is 0. The largest absolute Gasteiger partial charge is 0.300 e. The maximum atomic E-state index is 12.9. The van der Waals surface area contributed by atoms with Gasteiger partial charge in [-0.25, -0.2) is 0 Å². The number of nitrogens with one attached hydrogen (secondary N) is 1. The lowest BCUT2D eigenvalue weighted by molar-refractivity contribution is -0.116. The summed E-state index contributed by atoms with van der Waals surface area (Å²) in [6, 6.07) is 16.2. The van der Waals surface area contributed by atoms with Crippen molar-refractivity contribution in [3.05, 3.63) is 59.7 Å². The van der Waals surface area contributed by atoms with Gasteiger partial charge in [0.05, 0.1) is 5.92 Å². The smallest absolute Gasteiger partial charge is 0.238 e. The van der Waals surface area contributed by atoms with Gasteiger partial charge >= 0.3 is 0 Å². The number of amides is 1. The van der Waals surface area contributed by atoms with Crippen LogP contribution in [-0.4, -0.2) is 21.9 Å². The van der Waals surface area contributed by atoms with Crippen molar-refractivity contribution in [2.24, 2.45) is 0 Å². The Hall–Kier alpha value is -2.18. The summed E-state index contributed by atoms with van der Waals surface area (Å²) in [5.74, 6) is 0.576. The van der Waals surface area contributed by atoms with Gasteiger partial charge in [-0.2, -0.15) is 0 Å². The van der Waals surface area contributed by atoms with Crippen molar-refractivity contribution >= 4 is 34.1 Å². The molecule has 0 bridgehead atoms. The number of rotatable bonds is 4. The zero-order valence-electron chi connectivity index (χ0n) is 13.0. The number of anilines is 1. The summed E-state index contributed by atoms with van der Waals surface area (Å²) in [5.41, 5.74) is 4.35. The standard InChI is InChI=1S/C18H15N3OS2/c1-2-23-18-21-20-17(24-18)19-16(22)15-13-9-5-3-7-11(13)12-8-4-6-10-14(12)15/h3-10,15H,2H2,1H3,(H,19,20,22). The van der Waals surface area contributed by atoms with Crippen molar-refractivity contribution < 1.29 is 4.79 Å². The molecule has 0 atom stereocenters. The Morgan fingerprint density at radius 3 is 2.33 bits per heavy atom. The molecular formula is C18H15N3OS2. The van der Waals surface area contributed by atoms with E-state index in [0.29, 0.717) is 5.13 Å². The van der Waals surface area contributed by atoms with Crippen molar-refractivity contribution in [2.45, 2.75) is 17.2 Å². The molecule has 24 heavy (non-hydrogen) atoms. The van der Waals surface area contributed by atoms with E-state index in [4.69, 9.17) is 0 Å². The van der Waals surface area contributed by atoms with Crippen LogP contribution in [0.4, 0.5) is 5.13 Å². The van der Waals surface area contributed by atoms with E-state index >= 15 is 0 Å². The van der Waals surface area contributed by atoms with Crippen LogP contribution in [-0.2, 0) is 4.79 Å². The van der Waals surface area contributed by atoms with E-state index in [1.807, 2.05) is 36.4 Å². The highest BCUT2D eigenvalue weighted by Crippen LogP contribution is 2.45. The van der Waals surface area contributed by atoms with Crippen LogP contribution in [0.15, 0.2) is 52.9 Å². The first-order chi connectivity index (χ1) is 11.8. The SMILES string of the molecule is CCSc1nnc(NC(=O)C2c3ccccc3-c3ccccc32)s1. The van der Waals surface area contributed by atoms with E-state index in [1.165, 1.54) is 11.3 Å². The van der Waals surface area contributed by atoms with Gasteiger partial charge in [0.15, 0.2) is 4.34 Å². The molecule has 0 unspecified atom stereocenters. The zero-order valence-corrected chi connectivity index (χ0v) is 14.7. The Labute approximate surface area is 148 Å². The fourth-order valence-corrected chi connectivity index (χ4v) is 4.71. The van der Waals surface area contributed by atoms with Crippen molar-refractivity contribution in [3.8, 4) is 11.1 Å². The highest BCUT2D eigenvalue weighted by Gasteiger charge is 2.33. The molecule has 0 fully saturated rings. The van der Waals surface area contributed by atoms with E-state index in [-0.39, 0.29) is 11.8 Å². The quantitative estimate of drug-likeness (QED) is 0.558. The predicted molar refractivity (Wildman–Crippen MR) is 98.7 cm³/mol. The summed E-state index contributed by atoms with van der Waals surface area (Å²) in [5, 5.41) is 11.7. The minimum Gasteiger partial charge on any atom is -0.300 e.